The SMILES string of the molecule is CCc1cccc2c(C(CC(=O)NCc3ccccn3)c3ccc(Cl)cc3)c[nH]c12. The third-order valence-corrected chi connectivity index (χ3v) is 5.70. The number of nitrogens with one attached hydrogen (secondary N) is 2. The van der Waals surface area contributed by atoms with Crippen LogP contribution in [0.4, 0.5) is 0 Å². The molecule has 4 aromatic rings. The molecule has 0 aliphatic carbocycles. The summed E-state index contributed by atoms with van der Waals surface area (Å²) in [5.74, 6) is -0.0894. The number of H-pyrrole nitrogens is 1. The number of aromatic nitrogens is 2. The summed E-state index contributed by atoms with van der Waals surface area (Å²) in [6.45, 7) is 2.57. The number of hydrogen-bond acceptors (Lipinski definition) is 2. The number of hydrogen-bond donors (Lipinski definition) is 2. The van der Waals surface area contributed by atoms with Crippen molar-refractivity contribution in [3.63, 3.8) is 0 Å². The van der Waals surface area contributed by atoms with Gasteiger partial charge in [-0.15, -0.1) is 0 Å². The van der Waals surface area contributed by atoms with Gasteiger partial charge >= 0.3 is 0 Å². The number of carbonyl (C=O) groups is 1. The Morgan fingerprint density at radius 3 is 2.67 bits per heavy atom. The van der Waals surface area contributed by atoms with Crippen molar-refractivity contribution >= 4 is 28.4 Å². The Labute approximate surface area is 181 Å². The summed E-state index contributed by atoms with van der Waals surface area (Å²) in [6, 6.07) is 19.8. The zero-order chi connectivity index (χ0) is 20.9. The van der Waals surface area contributed by atoms with E-state index in [1.54, 1.807) is 6.20 Å². The van der Waals surface area contributed by atoms with Gasteiger partial charge in [0.2, 0.25) is 5.91 Å². The number of carbonyl (C=O) groups excluding carboxylic acids is 1. The highest BCUT2D eigenvalue weighted by Gasteiger charge is 2.22. The molecule has 1 atom stereocenters. The van der Waals surface area contributed by atoms with Gasteiger partial charge < -0.3 is 10.3 Å². The molecule has 4 nitrogen and oxygen atoms in total. The van der Waals surface area contributed by atoms with Crippen LogP contribution in [-0.4, -0.2) is 15.9 Å². The zero-order valence-electron chi connectivity index (χ0n) is 16.9. The van der Waals surface area contributed by atoms with Crippen LogP contribution >= 0.6 is 11.6 Å². The standard InChI is InChI=1S/C25H24ClN3O/c1-2-17-6-5-8-21-23(16-29-25(17)21)22(18-9-11-19(26)12-10-18)14-24(30)28-15-20-7-3-4-13-27-20/h3-13,16,22,29H,2,14-15H2,1H3,(H,28,30). The van der Waals surface area contributed by atoms with E-state index in [-0.39, 0.29) is 11.8 Å². The Balaban J connectivity index is 1.64. The van der Waals surface area contributed by atoms with Crippen molar-refractivity contribution in [2.45, 2.75) is 32.2 Å². The maximum atomic E-state index is 12.8. The minimum Gasteiger partial charge on any atom is -0.361 e. The van der Waals surface area contributed by atoms with Gasteiger partial charge in [0, 0.05) is 40.7 Å². The quantitative estimate of drug-likeness (QED) is 0.410. The molecule has 2 heterocycles. The lowest BCUT2D eigenvalue weighted by Crippen LogP contribution is -2.25. The van der Waals surface area contributed by atoms with Crippen molar-refractivity contribution in [2.75, 3.05) is 0 Å². The van der Waals surface area contributed by atoms with E-state index in [9.17, 15) is 4.79 Å². The number of amides is 1. The fraction of sp³-hybridized carbons (Fsp3) is 0.200. The van der Waals surface area contributed by atoms with Gasteiger partial charge in [-0.2, -0.15) is 0 Å². The lowest BCUT2D eigenvalue weighted by molar-refractivity contribution is -0.121. The first kappa shape index (κ1) is 20.2. The molecule has 0 aliphatic rings. The van der Waals surface area contributed by atoms with E-state index in [0.717, 1.165) is 34.1 Å². The molecule has 0 spiro atoms. The van der Waals surface area contributed by atoms with E-state index in [2.05, 4.69) is 40.4 Å². The molecule has 0 fully saturated rings. The molecular weight excluding hydrogens is 394 g/mol. The van der Waals surface area contributed by atoms with E-state index in [1.807, 2.05) is 48.7 Å². The number of para-hydroxylation sites is 1. The van der Waals surface area contributed by atoms with Crippen LogP contribution in [0.3, 0.4) is 0 Å². The predicted octanol–water partition coefficient (Wildman–Crippen LogP) is 5.62. The van der Waals surface area contributed by atoms with Crippen LogP contribution in [0, 0.1) is 0 Å². The molecule has 0 saturated carbocycles. The second kappa shape index (κ2) is 9.14. The molecule has 0 saturated heterocycles. The number of aromatic amines is 1. The molecule has 1 unspecified atom stereocenters. The number of aryl methyl sites for hydroxylation is 1. The van der Waals surface area contributed by atoms with Gasteiger partial charge in [0.25, 0.3) is 0 Å². The highest BCUT2D eigenvalue weighted by molar-refractivity contribution is 6.30. The molecule has 4 rings (SSSR count). The van der Waals surface area contributed by atoms with Crippen molar-refractivity contribution in [2.24, 2.45) is 0 Å². The fourth-order valence-corrected chi connectivity index (χ4v) is 4.00. The molecule has 0 bridgehead atoms. The smallest absolute Gasteiger partial charge is 0.221 e. The summed E-state index contributed by atoms with van der Waals surface area (Å²) < 4.78 is 0. The van der Waals surface area contributed by atoms with Gasteiger partial charge in [-0.1, -0.05) is 54.9 Å². The van der Waals surface area contributed by atoms with Crippen LogP contribution in [0.2, 0.25) is 5.02 Å². The van der Waals surface area contributed by atoms with E-state index in [0.29, 0.717) is 18.0 Å². The molecule has 2 N–H and O–H groups in total. The average Bonchev–Trinajstić information content (AvgIpc) is 3.21. The summed E-state index contributed by atoms with van der Waals surface area (Å²) in [5.41, 5.74) is 5.44. The molecule has 0 radical (unpaired) electrons. The first-order valence-electron chi connectivity index (χ1n) is 10.2. The number of halogens is 1. The van der Waals surface area contributed by atoms with Crippen LogP contribution in [0.15, 0.2) is 73.1 Å². The third kappa shape index (κ3) is 4.39. The Kier molecular flexibility index (Phi) is 6.15. The van der Waals surface area contributed by atoms with E-state index >= 15 is 0 Å². The minimum atomic E-state index is -0.0770. The monoisotopic (exact) mass is 417 g/mol. The Bertz CT molecular complexity index is 1140. The van der Waals surface area contributed by atoms with Crippen LogP contribution in [0.1, 0.15) is 41.6 Å². The largest absolute Gasteiger partial charge is 0.361 e. The topological polar surface area (TPSA) is 57.8 Å². The molecule has 1 amide bonds. The van der Waals surface area contributed by atoms with Crippen molar-refractivity contribution in [3.05, 3.63) is 100 Å². The van der Waals surface area contributed by atoms with Crippen molar-refractivity contribution in [1.29, 1.82) is 0 Å². The van der Waals surface area contributed by atoms with E-state index in [1.165, 1.54) is 5.56 Å². The first-order valence-corrected chi connectivity index (χ1v) is 10.5. The van der Waals surface area contributed by atoms with Gasteiger partial charge in [-0.05, 0) is 47.4 Å². The Hall–Kier alpha value is -3.11. The molecular formula is C25H24ClN3O. The van der Waals surface area contributed by atoms with Crippen LogP contribution in [0.5, 0.6) is 0 Å². The summed E-state index contributed by atoms with van der Waals surface area (Å²) in [4.78, 5) is 20.6. The number of pyridine rings is 1. The lowest BCUT2D eigenvalue weighted by atomic mass is 9.87. The Morgan fingerprint density at radius 2 is 1.93 bits per heavy atom. The minimum absolute atomic E-state index is 0.0124. The molecule has 152 valence electrons. The normalized spacial score (nSPS) is 12.1. The summed E-state index contributed by atoms with van der Waals surface area (Å²) >= 11 is 6.11. The highest BCUT2D eigenvalue weighted by atomic mass is 35.5. The lowest BCUT2D eigenvalue weighted by Gasteiger charge is -2.17. The molecule has 30 heavy (non-hydrogen) atoms. The second-order valence-corrected chi connectivity index (χ2v) is 7.78. The predicted molar refractivity (Wildman–Crippen MR) is 122 cm³/mol. The first-order chi connectivity index (χ1) is 14.7. The maximum absolute atomic E-state index is 12.8. The highest BCUT2D eigenvalue weighted by Crippen LogP contribution is 2.35. The van der Waals surface area contributed by atoms with Crippen molar-refractivity contribution in [1.82, 2.24) is 15.3 Å². The van der Waals surface area contributed by atoms with Crippen LogP contribution < -0.4 is 5.32 Å². The number of nitrogens with zero attached hydrogens (tertiary/aromatic N) is 1. The Morgan fingerprint density at radius 1 is 1.10 bits per heavy atom. The number of rotatable bonds is 7. The molecule has 5 heteroatoms. The zero-order valence-corrected chi connectivity index (χ0v) is 17.6. The van der Waals surface area contributed by atoms with Gasteiger partial charge in [0.15, 0.2) is 0 Å². The molecule has 2 aromatic carbocycles. The van der Waals surface area contributed by atoms with E-state index in [4.69, 9.17) is 11.6 Å². The van der Waals surface area contributed by atoms with Crippen LogP contribution in [0.25, 0.3) is 10.9 Å². The second-order valence-electron chi connectivity index (χ2n) is 7.34. The van der Waals surface area contributed by atoms with Gasteiger partial charge in [0.05, 0.1) is 12.2 Å². The van der Waals surface area contributed by atoms with Crippen LogP contribution in [-0.2, 0) is 17.8 Å². The van der Waals surface area contributed by atoms with Gasteiger partial charge in [-0.3, -0.25) is 9.78 Å². The van der Waals surface area contributed by atoms with Crippen molar-refractivity contribution in [3.8, 4) is 0 Å². The summed E-state index contributed by atoms with van der Waals surface area (Å²) in [5, 5.41) is 4.85. The maximum Gasteiger partial charge on any atom is 0.221 e. The summed E-state index contributed by atoms with van der Waals surface area (Å²) in [6.07, 6.45) is 5.07. The fourth-order valence-electron chi connectivity index (χ4n) is 3.87. The van der Waals surface area contributed by atoms with Crippen molar-refractivity contribution < 1.29 is 4.79 Å². The molecule has 0 aliphatic heterocycles. The summed E-state index contributed by atoms with van der Waals surface area (Å²) in [7, 11) is 0. The average molecular weight is 418 g/mol. The number of fused-ring (bicyclic) bond motifs is 1. The van der Waals surface area contributed by atoms with Gasteiger partial charge in [0.1, 0.15) is 0 Å². The molecule has 2 aromatic heterocycles. The number of benzene rings is 2. The third-order valence-electron chi connectivity index (χ3n) is 5.44. The van der Waals surface area contributed by atoms with Gasteiger partial charge in [-0.25, -0.2) is 0 Å². The van der Waals surface area contributed by atoms with E-state index < -0.39 is 0 Å².